The van der Waals surface area contributed by atoms with Crippen molar-refractivity contribution in [2.45, 2.75) is 0 Å². The molecule has 4 nitrogen and oxygen atoms in total. The molecule has 0 spiro atoms. The third kappa shape index (κ3) is 7.77. The molecule has 0 saturated carbocycles. The van der Waals surface area contributed by atoms with Crippen molar-refractivity contribution in [1.82, 2.24) is 0 Å². The van der Waals surface area contributed by atoms with E-state index in [-0.39, 0.29) is 0 Å². The van der Waals surface area contributed by atoms with Gasteiger partial charge in [0, 0.05) is 62.6 Å². The third-order valence-corrected chi connectivity index (χ3v) is 11.9. The second kappa shape index (κ2) is 17.0. The Kier molecular flexibility index (Phi) is 10.2. The van der Waals surface area contributed by atoms with Gasteiger partial charge in [0.15, 0.2) is 0 Å². The Labute approximate surface area is 374 Å². The summed E-state index contributed by atoms with van der Waals surface area (Å²) in [6, 6.07) is 93.1. The summed E-state index contributed by atoms with van der Waals surface area (Å²) in [4.78, 5) is 6.99. The molecular weight excluding hydrogens is 777 g/mol. The summed E-state index contributed by atoms with van der Waals surface area (Å²) >= 11 is 0. The summed E-state index contributed by atoms with van der Waals surface area (Å²) in [5.41, 5.74) is 11.8. The van der Waals surface area contributed by atoms with Crippen molar-refractivity contribution in [3.05, 3.63) is 261 Å². The van der Waals surface area contributed by atoms with Crippen LogP contribution in [0.2, 0.25) is 0 Å². The number of nitrogens with zero attached hydrogens (tertiary/aromatic N) is 3. The van der Waals surface area contributed by atoms with Crippen molar-refractivity contribution in [1.29, 1.82) is 0 Å². The molecule has 0 heterocycles. The quantitative estimate of drug-likeness (QED) is 0.140. The molecule has 0 bridgehead atoms. The first-order chi connectivity index (χ1) is 31.7. The third-order valence-electron chi connectivity index (χ3n) is 11.9. The van der Waals surface area contributed by atoms with E-state index in [1.807, 2.05) is 0 Å². The van der Waals surface area contributed by atoms with Crippen LogP contribution in [0.15, 0.2) is 261 Å². The van der Waals surface area contributed by atoms with Gasteiger partial charge in [-0.3, -0.25) is 0 Å². The van der Waals surface area contributed by atoms with Crippen LogP contribution in [-0.2, 0) is 0 Å². The first kappa shape index (κ1) is 38.3. The fourth-order valence-corrected chi connectivity index (χ4v) is 8.76. The van der Waals surface area contributed by atoms with Crippen LogP contribution >= 0.6 is 0 Å². The van der Waals surface area contributed by atoms with E-state index < -0.39 is 0 Å². The summed E-state index contributed by atoms with van der Waals surface area (Å²) in [5, 5.41) is 10.9. The maximum Gasteiger partial charge on any atom is 0.0468 e. The minimum atomic E-state index is 1.02. The topological polar surface area (TPSA) is 21.8 Å². The lowest BCUT2D eigenvalue weighted by Crippen LogP contribution is -2.13. The van der Waals surface area contributed by atoms with E-state index in [2.05, 4.69) is 281 Å². The lowest BCUT2D eigenvalue weighted by atomic mass is 10.1. The minimum Gasteiger partial charge on any atom is -0.356 e. The molecule has 11 aromatic rings. The van der Waals surface area contributed by atoms with Crippen LogP contribution < -0.4 is 20.0 Å². The number of fused-ring (bicyclic) bond motifs is 3. The summed E-state index contributed by atoms with van der Waals surface area (Å²) in [7, 11) is 0. The van der Waals surface area contributed by atoms with Crippen molar-refractivity contribution in [2.24, 2.45) is 0 Å². The second-order valence-corrected chi connectivity index (χ2v) is 16.0. The Bertz CT molecular complexity index is 3180. The number of hydrogen-bond acceptors (Lipinski definition) is 4. The Morgan fingerprint density at radius 1 is 0.188 bits per heavy atom. The molecule has 0 unspecified atom stereocenters. The fourth-order valence-electron chi connectivity index (χ4n) is 8.76. The van der Waals surface area contributed by atoms with E-state index in [0.29, 0.717) is 0 Å². The molecule has 1 N–H and O–H groups in total. The number of rotatable bonds is 11. The summed E-state index contributed by atoms with van der Waals surface area (Å²) in [5.74, 6) is 0. The molecule has 0 aliphatic heterocycles. The standard InChI is InChI=1S/C60H44N4/c1-3-19-52(20-4-1)63(59-29-24-45-14-8-11-17-48(45)42-59)57-37-33-55(34-38-57)62(54-31-27-50(28-32-54)61-51-26-23-44-13-7-10-16-47(44)41-51)56-35-39-58(40-36-56)64(53-21-5-2-6-22-53)60-30-25-46-15-9-12-18-49(46)43-60/h1-43,61H. The summed E-state index contributed by atoms with van der Waals surface area (Å²) in [6.07, 6.45) is 0. The molecule has 0 aliphatic carbocycles. The van der Waals surface area contributed by atoms with Crippen LogP contribution in [0.4, 0.5) is 62.6 Å². The highest BCUT2D eigenvalue weighted by molar-refractivity contribution is 5.92. The highest BCUT2D eigenvalue weighted by atomic mass is 15.2. The molecule has 0 saturated heterocycles. The van der Waals surface area contributed by atoms with E-state index in [9.17, 15) is 0 Å². The average molecular weight is 821 g/mol. The van der Waals surface area contributed by atoms with E-state index in [0.717, 1.165) is 62.6 Å². The van der Waals surface area contributed by atoms with Crippen LogP contribution in [-0.4, -0.2) is 0 Å². The monoisotopic (exact) mass is 820 g/mol. The maximum absolute atomic E-state index is 3.64. The van der Waals surface area contributed by atoms with Crippen molar-refractivity contribution in [2.75, 3.05) is 20.0 Å². The smallest absolute Gasteiger partial charge is 0.0468 e. The molecule has 0 aromatic heterocycles. The van der Waals surface area contributed by atoms with Crippen LogP contribution in [0.1, 0.15) is 0 Å². The number of nitrogens with one attached hydrogen (secondary N) is 1. The van der Waals surface area contributed by atoms with Gasteiger partial charge in [0.2, 0.25) is 0 Å². The van der Waals surface area contributed by atoms with Crippen LogP contribution in [0.25, 0.3) is 32.3 Å². The number of benzene rings is 11. The second-order valence-electron chi connectivity index (χ2n) is 16.0. The van der Waals surface area contributed by atoms with Crippen molar-refractivity contribution in [3.8, 4) is 0 Å². The summed E-state index contributed by atoms with van der Waals surface area (Å²) in [6.45, 7) is 0. The molecule has 0 aliphatic rings. The number of para-hydroxylation sites is 2. The molecule has 0 amide bonds. The van der Waals surface area contributed by atoms with Crippen LogP contribution in [0.3, 0.4) is 0 Å². The summed E-state index contributed by atoms with van der Waals surface area (Å²) < 4.78 is 0. The van der Waals surface area contributed by atoms with Gasteiger partial charge in [-0.1, -0.05) is 127 Å². The first-order valence-corrected chi connectivity index (χ1v) is 21.7. The van der Waals surface area contributed by atoms with E-state index in [4.69, 9.17) is 0 Å². The average Bonchev–Trinajstić information content (AvgIpc) is 3.36. The zero-order valence-corrected chi connectivity index (χ0v) is 35.2. The van der Waals surface area contributed by atoms with Gasteiger partial charge in [0.05, 0.1) is 0 Å². The van der Waals surface area contributed by atoms with Crippen molar-refractivity contribution >= 4 is 94.9 Å². The molecular formula is C60H44N4. The van der Waals surface area contributed by atoms with Crippen LogP contribution in [0, 0.1) is 0 Å². The predicted molar refractivity (Wildman–Crippen MR) is 273 cm³/mol. The van der Waals surface area contributed by atoms with Gasteiger partial charge in [0.1, 0.15) is 0 Å². The molecule has 64 heavy (non-hydrogen) atoms. The fraction of sp³-hybridized carbons (Fsp3) is 0. The SMILES string of the molecule is c1ccc(N(c2ccc(N(c3ccc(Nc4ccc5ccccc5c4)cc3)c3ccc(N(c4ccccc4)c4ccc5ccccc5c4)cc3)cc2)c2ccc3ccccc3c2)cc1. The lowest BCUT2D eigenvalue weighted by Gasteiger charge is -2.29. The largest absolute Gasteiger partial charge is 0.356 e. The maximum atomic E-state index is 3.64. The van der Waals surface area contributed by atoms with Crippen LogP contribution in [0.5, 0.6) is 0 Å². The molecule has 0 fully saturated rings. The van der Waals surface area contributed by atoms with E-state index >= 15 is 0 Å². The molecule has 4 heteroatoms. The van der Waals surface area contributed by atoms with Gasteiger partial charge < -0.3 is 20.0 Å². The van der Waals surface area contributed by atoms with Crippen molar-refractivity contribution in [3.63, 3.8) is 0 Å². The van der Waals surface area contributed by atoms with Gasteiger partial charge in [-0.25, -0.2) is 0 Å². The number of hydrogen-bond donors (Lipinski definition) is 1. The van der Waals surface area contributed by atoms with E-state index in [1.54, 1.807) is 0 Å². The number of anilines is 11. The molecule has 304 valence electrons. The molecule has 11 rings (SSSR count). The normalized spacial score (nSPS) is 11.1. The Balaban J connectivity index is 0.976. The minimum absolute atomic E-state index is 1.02. The van der Waals surface area contributed by atoms with Gasteiger partial charge in [-0.15, -0.1) is 0 Å². The van der Waals surface area contributed by atoms with Gasteiger partial charge in [0.25, 0.3) is 0 Å². The Morgan fingerprint density at radius 2 is 0.453 bits per heavy atom. The van der Waals surface area contributed by atoms with Gasteiger partial charge >= 0.3 is 0 Å². The molecule has 0 radical (unpaired) electrons. The zero-order chi connectivity index (χ0) is 42.7. The van der Waals surface area contributed by atoms with Crippen molar-refractivity contribution < 1.29 is 0 Å². The molecule has 11 aromatic carbocycles. The van der Waals surface area contributed by atoms with E-state index in [1.165, 1.54) is 32.3 Å². The Morgan fingerprint density at radius 3 is 0.859 bits per heavy atom. The first-order valence-electron chi connectivity index (χ1n) is 21.7. The molecule has 0 atom stereocenters. The highest BCUT2D eigenvalue weighted by Crippen LogP contribution is 2.42. The highest BCUT2D eigenvalue weighted by Gasteiger charge is 2.19. The zero-order valence-electron chi connectivity index (χ0n) is 35.2. The van der Waals surface area contributed by atoms with Gasteiger partial charge in [-0.05, 0) is 166 Å². The Hall–Kier alpha value is -8.60. The van der Waals surface area contributed by atoms with Gasteiger partial charge in [-0.2, -0.15) is 0 Å². The predicted octanol–water partition coefficient (Wildman–Crippen LogP) is 17.3. The lowest BCUT2D eigenvalue weighted by molar-refractivity contribution is 1.25.